The van der Waals surface area contributed by atoms with Crippen LogP contribution in [0.3, 0.4) is 0 Å². The Morgan fingerprint density at radius 2 is 1.66 bits per heavy atom. The van der Waals surface area contributed by atoms with Gasteiger partial charge in [0.1, 0.15) is 11.6 Å². The highest BCUT2D eigenvalue weighted by Crippen LogP contribution is 2.33. The molecule has 3 aromatic carbocycles. The summed E-state index contributed by atoms with van der Waals surface area (Å²) in [5.74, 6) is -0.267. The lowest BCUT2D eigenvalue weighted by atomic mass is 10.1. The first-order chi connectivity index (χ1) is 14.1. The average molecular weight is 396 g/mol. The van der Waals surface area contributed by atoms with E-state index in [0.717, 1.165) is 23.3 Å². The highest BCUT2D eigenvalue weighted by atomic mass is 19.1. The summed E-state index contributed by atoms with van der Waals surface area (Å²) in [7, 11) is 0. The lowest BCUT2D eigenvalue weighted by molar-refractivity contribution is 0.174. The Labute approximate surface area is 166 Å². The van der Waals surface area contributed by atoms with Crippen LogP contribution in [0.2, 0.25) is 0 Å². The number of ether oxygens (including phenoxy) is 2. The van der Waals surface area contributed by atoms with Crippen molar-refractivity contribution in [2.24, 2.45) is 0 Å². The number of amides is 2. The van der Waals surface area contributed by atoms with Crippen molar-refractivity contribution >= 4 is 11.7 Å². The van der Waals surface area contributed by atoms with E-state index in [2.05, 4.69) is 5.32 Å². The molecule has 0 atom stereocenters. The Kier molecular flexibility index (Phi) is 5.29. The quantitative estimate of drug-likeness (QED) is 0.666. The maximum Gasteiger partial charge on any atom is 0.322 e. The number of carbonyl (C=O) groups is 1. The largest absolute Gasteiger partial charge is 0.454 e. The molecule has 1 aliphatic rings. The van der Waals surface area contributed by atoms with Crippen molar-refractivity contribution < 1.29 is 23.0 Å². The second-order valence-electron chi connectivity index (χ2n) is 6.58. The summed E-state index contributed by atoms with van der Waals surface area (Å²) in [6, 6.07) is 17.4. The minimum absolute atomic E-state index is 0.0832. The molecule has 148 valence electrons. The van der Waals surface area contributed by atoms with Crippen molar-refractivity contribution in [1.82, 2.24) is 4.90 Å². The molecule has 7 heteroatoms. The number of carbonyl (C=O) groups excluding carboxylic acids is 1. The summed E-state index contributed by atoms with van der Waals surface area (Å²) in [5, 5.41) is 2.52. The van der Waals surface area contributed by atoms with Crippen LogP contribution < -0.4 is 14.8 Å². The molecule has 0 fully saturated rings. The van der Waals surface area contributed by atoms with E-state index in [-0.39, 0.29) is 19.0 Å². The normalized spacial score (nSPS) is 11.9. The summed E-state index contributed by atoms with van der Waals surface area (Å²) in [6.45, 7) is 0.737. The molecule has 0 spiro atoms. The van der Waals surface area contributed by atoms with Crippen molar-refractivity contribution in [2.75, 3.05) is 12.1 Å². The van der Waals surface area contributed by atoms with Crippen molar-refractivity contribution in [3.05, 3.63) is 89.5 Å². The van der Waals surface area contributed by atoms with Crippen LogP contribution in [-0.4, -0.2) is 17.7 Å². The van der Waals surface area contributed by atoms with Gasteiger partial charge in [0, 0.05) is 19.2 Å². The number of nitrogens with zero attached hydrogens (tertiary/aromatic N) is 1. The number of hydrogen-bond acceptors (Lipinski definition) is 3. The second-order valence-corrected chi connectivity index (χ2v) is 6.58. The monoisotopic (exact) mass is 396 g/mol. The molecule has 0 unspecified atom stereocenters. The van der Waals surface area contributed by atoms with Crippen LogP contribution in [-0.2, 0) is 13.1 Å². The molecule has 0 saturated heterocycles. The van der Waals surface area contributed by atoms with Crippen LogP contribution in [0, 0.1) is 11.6 Å². The summed E-state index contributed by atoms with van der Waals surface area (Å²) in [5.41, 5.74) is 1.67. The topological polar surface area (TPSA) is 50.8 Å². The smallest absolute Gasteiger partial charge is 0.322 e. The highest BCUT2D eigenvalue weighted by Gasteiger charge is 2.19. The van der Waals surface area contributed by atoms with Gasteiger partial charge in [0.25, 0.3) is 0 Å². The van der Waals surface area contributed by atoms with Crippen LogP contribution in [0.15, 0.2) is 66.7 Å². The van der Waals surface area contributed by atoms with Gasteiger partial charge in [-0.3, -0.25) is 0 Å². The zero-order valence-electron chi connectivity index (χ0n) is 15.4. The number of hydrogen-bond donors (Lipinski definition) is 1. The zero-order chi connectivity index (χ0) is 20.2. The van der Waals surface area contributed by atoms with Gasteiger partial charge >= 0.3 is 6.03 Å². The summed E-state index contributed by atoms with van der Waals surface area (Å²) < 4.78 is 37.8. The summed E-state index contributed by atoms with van der Waals surface area (Å²) in [6.07, 6.45) is 0. The van der Waals surface area contributed by atoms with E-state index in [0.29, 0.717) is 18.0 Å². The number of urea groups is 1. The minimum Gasteiger partial charge on any atom is -0.454 e. The predicted molar refractivity (Wildman–Crippen MR) is 104 cm³/mol. The van der Waals surface area contributed by atoms with Crippen molar-refractivity contribution in [3.8, 4) is 11.5 Å². The van der Waals surface area contributed by atoms with Crippen LogP contribution in [0.1, 0.15) is 11.1 Å². The fourth-order valence-corrected chi connectivity index (χ4v) is 3.05. The van der Waals surface area contributed by atoms with Gasteiger partial charge in [0.05, 0.1) is 5.69 Å². The number of nitrogens with one attached hydrogen (secondary N) is 1. The third-order valence-corrected chi connectivity index (χ3v) is 4.49. The van der Waals surface area contributed by atoms with E-state index < -0.39 is 17.7 Å². The van der Waals surface area contributed by atoms with Gasteiger partial charge in [-0.2, -0.15) is 0 Å². The zero-order valence-corrected chi connectivity index (χ0v) is 15.4. The van der Waals surface area contributed by atoms with E-state index in [1.54, 1.807) is 6.07 Å². The number of rotatable bonds is 5. The van der Waals surface area contributed by atoms with E-state index >= 15 is 0 Å². The molecule has 0 aliphatic carbocycles. The molecule has 1 aliphatic heterocycles. The maximum absolute atomic E-state index is 14.0. The Hall–Kier alpha value is -3.61. The highest BCUT2D eigenvalue weighted by molar-refractivity contribution is 5.89. The van der Waals surface area contributed by atoms with Gasteiger partial charge in [-0.25, -0.2) is 13.6 Å². The summed E-state index contributed by atoms with van der Waals surface area (Å²) >= 11 is 0. The van der Waals surface area contributed by atoms with Crippen LogP contribution >= 0.6 is 0 Å². The van der Waals surface area contributed by atoms with E-state index in [4.69, 9.17) is 9.47 Å². The molecule has 5 nitrogen and oxygen atoms in total. The fraction of sp³-hybridized carbons (Fsp3) is 0.136. The van der Waals surface area contributed by atoms with Gasteiger partial charge in [0.15, 0.2) is 11.5 Å². The molecule has 0 saturated carbocycles. The van der Waals surface area contributed by atoms with Gasteiger partial charge in [-0.1, -0.05) is 36.4 Å². The lowest BCUT2D eigenvalue weighted by Crippen LogP contribution is -2.34. The SMILES string of the molecule is O=C(Nc1ccc(F)cc1F)N(Cc1ccccc1)Cc1ccc2c(c1)OCO2. The molecule has 0 bridgehead atoms. The maximum atomic E-state index is 14.0. The number of anilines is 1. The second kappa shape index (κ2) is 8.18. The molecule has 1 heterocycles. The van der Waals surface area contributed by atoms with Crippen LogP contribution in [0.25, 0.3) is 0 Å². The Morgan fingerprint density at radius 3 is 2.45 bits per heavy atom. The first kappa shape index (κ1) is 18.7. The minimum atomic E-state index is -0.832. The fourth-order valence-electron chi connectivity index (χ4n) is 3.05. The van der Waals surface area contributed by atoms with Crippen molar-refractivity contribution in [3.63, 3.8) is 0 Å². The Morgan fingerprint density at radius 1 is 0.897 bits per heavy atom. The van der Waals surface area contributed by atoms with E-state index in [1.165, 1.54) is 11.0 Å². The lowest BCUT2D eigenvalue weighted by Gasteiger charge is -2.24. The van der Waals surface area contributed by atoms with Crippen molar-refractivity contribution in [1.29, 1.82) is 0 Å². The number of halogens is 2. The molecule has 2 amide bonds. The number of fused-ring (bicyclic) bond motifs is 1. The molecule has 0 radical (unpaired) electrons. The molecule has 0 aromatic heterocycles. The summed E-state index contributed by atoms with van der Waals surface area (Å²) in [4.78, 5) is 14.4. The van der Waals surface area contributed by atoms with Gasteiger partial charge in [-0.15, -0.1) is 0 Å². The standard InChI is InChI=1S/C22H18F2N2O3/c23-17-7-8-19(18(24)11-17)25-22(27)26(12-15-4-2-1-3-5-15)13-16-6-9-20-21(10-16)29-14-28-20/h1-11H,12-14H2,(H,25,27). The molecule has 1 N–H and O–H groups in total. The first-order valence-electron chi connectivity index (χ1n) is 9.02. The molecular weight excluding hydrogens is 378 g/mol. The van der Waals surface area contributed by atoms with Crippen LogP contribution in [0.5, 0.6) is 11.5 Å². The average Bonchev–Trinajstić information content (AvgIpc) is 3.18. The molecular formula is C22H18F2N2O3. The van der Waals surface area contributed by atoms with E-state index in [1.807, 2.05) is 42.5 Å². The van der Waals surface area contributed by atoms with Gasteiger partial charge in [0.2, 0.25) is 6.79 Å². The van der Waals surface area contributed by atoms with Gasteiger partial charge in [-0.05, 0) is 35.4 Å². The Balaban J connectivity index is 1.56. The molecule has 29 heavy (non-hydrogen) atoms. The van der Waals surface area contributed by atoms with E-state index in [9.17, 15) is 13.6 Å². The van der Waals surface area contributed by atoms with Gasteiger partial charge < -0.3 is 19.7 Å². The number of benzene rings is 3. The third kappa shape index (κ3) is 4.45. The first-order valence-corrected chi connectivity index (χ1v) is 9.02. The van der Waals surface area contributed by atoms with Crippen LogP contribution in [0.4, 0.5) is 19.3 Å². The predicted octanol–water partition coefficient (Wildman–Crippen LogP) is 4.93. The molecule has 4 rings (SSSR count). The third-order valence-electron chi connectivity index (χ3n) is 4.49. The van der Waals surface area contributed by atoms with Crippen molar-refractivity contribution in [2.45, 2.75) is 13.1 Å². The molecule has 3 aromatic rings. The Bertz CT molecular complexity index is 1030.